The lowest BCUT2D eigenvalue weighted by atomic mass is 10.2. The van der Waals surface area contributed by atoms with Gasteiger partial charge in [0.1, 0.15) is 4.88 Å². The summed E-state index contributed by atoms with van der Waals surface area (Å²) in [6.07, 6.45) is 0. The second-order valence-corrected chi connectivity index (χ2v) is 5.97. The number of carbonyl (C=O) groups is 2. The Morgan fingerprint density at radius 3 is 2.25 bits per heavy atom. The normalized spacial score (nSPS) is 10.3. The van der Waals surface area contributed by atoms with Crippen molar-refractivity contribution < 1.29 is 14.7 Å². The summed E-state index contributed by atoms with van der Waals surface area (Å²) in [6, 6.07) is 6.11. The van der Waals surface area contributed by atoms with Gasteiger partial charge in [-0.15, -0.1) is 11.3 Å². The van der Waals surface area contributed by atoms with E-state index in [1.807, 2.05) is 0 Å². The number of aryl methyl sites for hydroxylation is 1. The maximum Gasteiger partial charge on any atom is 0.346 e. The van der Waals surface area contributed by atoms with Crippen molar-refractivity contribution >= 4 is 51.4 Å². The van der Waals surface area contributed by atoms with Gasteiger partial charge in [-0.1, -0.05) is 23.2 Å². The minimum atomic E-state index is -1.02. The molecule has 1 heterocycles. The molecule has 1 aromatic carbocycles. The number of benzene rings is 1. The van der Waals surface area contributed by atoms with E-state index < -0.39 is 11.9 Å². The smallest absolute Gasteiger partial charge is 0.346 e. The van der Waals surface area contributed by atoms with E-state index in [1.165, 1.54) is 18.2 Å². The molecule has 4 nitrogen and oxygen atoms in total. The fraction of sp³-hybridized carbons (Fsp3) is 0.0769. The molecule has 20 heavy (non-hydrogen) atoms. The highest BCUT2D eigenvalue weighted by molar-refractivity contribution is 7.18. The number of carboxylic acid groups (broad SMARTS) is 1. The zero-order valence-electron chi connectivity index (χ0n) is 10.2. The molecule has 0 radical (unpaired) electrons. The molecule has 0 fully saturated rings. The van der Waals surface area contributed by atoms with Gasteiger partial charge >= 0.3 is 5.97 Å². The molecule has 1 amide bonds. The Kier molecular flexibility index (Phi) is 4.32. The Morgan fingerprint density at radius 2 is 1.75 bits per heavy atom. The van der Waals surface area contributed by atoms with Crippen LogP contribution in [0.25, 0.3) is 0 Å². The van der Waals surface area contributed by atoms with Crippen LogP contribution in [0, 0.1) is 6.92 Å². The van der Waals surface area contributed by atoms with Crippen LogP contribution in [0.1, 0.15) is 25.6 Å². The van der Waals surface area contributed by atoms with Gasteiger partial charge in [-0.2, -0.15) is 0 Å². The third-order valence-electron chi connectivity index (χ3n) is 2.47. The first-order valence-corrected chi connectivity index (χ1v) is 7.05. The average Bonchev–Trinajstić information content (AvgIpc) is 2.69. The predicted molar refractivity (Wildman–Crippen MR) is 80.4 cm³/mol. The molecule has 0 bridgehead atoms. The lowest BCUT2D eigenvalue weighted by molar-refractivity contribution is 0.0701. The highest BCUT2D eigenvalue weighted by Crippen LogP contribution is 2.27. The second-order valence-electron chi connectivity index (χ2n) is 4.04. The predicted octanol–water partition coefficient (Wildman–Crippen LogP) is 4.31. The quantitative estimate of drug-likeness (QED) is 0.881. The first kappa shape index (κ1) is 14.8. The van der Waals surface area contributed by atoms with Crippen molar-refractivity contribution in [2.24, 2.45) is 0 Å². The fourth-order valence-electron chi connectivity index (χ4n) is 1.63. The standard InChI is InChI=1S/C13H9Cl2NO3S/c1-6-2-10(20-11(6)13(18)19)16-12(17)7-3-8(14)5-9(15)4-7/h2-5H,1H3,(H,16,17)(H,18,19). The molecule has 0 aliphatic rings. The summed E-state index contributed by atoms with van der Waals surface area (Å²) in [7, 11) is 0. The van der Waals surface area contributed by atoms with Crippen molar-refractivity contribution in [2.45, 2.75) is 6.92 Å². The fourth-order valence-corrected chi connectivity index (χ4v) is 3.06. The molecule has 0 aliphatic heterocycles. The van der Waals surface area contributed by atoms with Crippen LogP contribution in [-0.4, -0.2) is 17.0 Å². The van der Waals surface area contributed by atoms with E-state index in [-0.39, 0.29) is 4.88 Å². The number of rotatable bonds is 3. The SMILES string of the molecule is Cc1cc(NC(=O)c2cc(Cl)cc(Cl)c2)sc1C(=O)O. The lowest BCUT2D eigenvalue weighted by Crippen LogP contribution is -2.10. The first-order chi connectivity index (χ1) is 9.36. The minimum Gasteiger partial charge on any atom is -0.477 e. The number of thiophene rings is 1. The third kappa shape index (κ3) is 3.30. The molecule has 0 aliphatic carbocycles. The topological polar surface area (TPSA) is 66.4 Å². The number of anilines is 1. The lowest BCUT2D eigenvalue weighted by Gasteiger charge is -2.03. The molecule has 0 saturated carbocycles. The van der Waals surface area contributed by atoms with Crippen molar-refractivity contribution in [3.63, 3.8) is 0 Å². The maximum atomic E-state index is 12.0. The first-order valence-electron chi connectivity index (χ1n) is 5.48. The number of hydrogen-bond donors (Lipinski definition) is 2. The summed E-state index contributed by atoms with van der Waals surface area (Å²) >= 11 is 12.7. The van der Waals surface area contributed by atoms with Crippen LogP contribution >= 0.6 is 34.5 Å². The van der Waals surface area contributed by atoms with Crippen LogP contribution < -0.4 is 5.32 Å². The molecule has 2 N–H and O–H groups in total. The Morgan fingerprint density at radius 1 is 1.15 bits per heavy atom. The van der Waals surface area contributed by atoms with Gasteiger partial charge in [-0.3, -0.25) is 4.79 Å². The molecule has 104 valence electrons. The Balaban J connectivity index is 2.23. The maximum absolute atomic E-state index is 12.0. The molecule has 2 aromatic rings. The molecule has 0 atom stereocenters. The van der Waals surface area contributed by atoms with Crippen LogP contribution in [0.2, 0.25) is 10.0 Å². The summed E-state index contributed by atoms with van der Waals surface area (Å²) in [6.45, 7) is 1.67. The molecule has 0 spiro atoms. The zero-order chi connectivity index (χ0) is 14.9. The average molecular weight is 330 g/mol. The number of nitrogens with one attached hydrogen (secondary N) is 1. The number of hydrogen-bond acceptors (Lipinski definition) is 3. The van der Waals surface area contributed by atoms with Crippen molar-refractivity contribution in [1.82, 2.24) is 0 Å². The largest absolute Gasteiger partial charge is 0.477 e. The van der Waals surface area contributed by atoms with Crippen molar-refractivity contribution in [1.29, 1.82) is 0 Å². The van der Waals surface area contributed by atoms with Crippen LogP contribution in [0.15, 0.2) is 24.3 Å². The molecule has 7 heteroatoms. The number of carbonyl (C=O) groups excluding carboxylic acids is 1. The summed E-state index contributed by atoms with van der Waals surface area (Å²) in [4.78, 5) is 23.2. The molecule has 1 aromatic heterocycles. The van der Waals surface area contributed by atoms with E-state index in [9.17, 15) is 9.59 Å². The molecular formula is C13H9Cl2NO3S. The van der Waals surface area contributed by atoms with E-state index in [0.29, 0.717) is 26.2 Å². The number of halogens is 2. The van der Waals surface area contributed by atoms with E-state index in [1.54, 1.807) is 13.0 Å². The van der Waals surface area contributed by atoms with E-state index in [0.717, 1.165) is 11.3 Å². The van der Waals surface area contributed by atoms with E-state index in [2.05, 4.69) is 5.32 Å². The third-order valence-corrected chi connectivity index (χ3v) is 4.05. The zero-order valence-corrected chi connectivity index (χ0v) is 12.6. The van der Waals surface area contributed by atoms with Gasteiger partial charge in [-0.25, -0.2) is 4.79 Å². The van der Waals surface area contributed by atoms with Crippen molar-refractivity contribution in [3.05, 3.63) is 50.3 Å². The van der Waals surface area contributed by atoms with E-state index >= 15 is 0 Å². The second kappa shape index (κ2) is 5.83. The van der Waals surface area contributed by atoms with Crippen LogP contribution in [0.3, 0.4) is 0 Å². The molecule has 2 rings (SSSR count). The molecule has 0 saturated heterocycles. The van der Waals surface area contributed by atoms with E-state index in [4.69, 9.17) is 28.3 Å². The number of amides is 1. The van der Waals surface area contributed by atoms with Gasteiger partial charge < -0.3 is 10.4 Å². The highest BCUT2D eigenvalue weighted by atomic mass is 35.5. The number of carboxylic acids is 1. The van der Waals surface area contributed by atoms with Crippen LogP contribution in [0.4, 0.5) is 5.00 Å². The Labute approximate surface area is 128 Å². The summed E-state index contributed by atoms with van der Waals surface area (Å²) in [5, 5.41) is 12.8. The van der Waals surface area contributed by atoms with Crippen LogP contribution in [0.5, 0.6) is 0 Å². The van der Waals surface area contributed by atoms with Gasteiger partial charge in [0, 0.05) is 15.6 Å². The van der Waals surface area contributed by atoms with Crippen LogP contribution in [-0.2, 0) is 0 Å². The van der Waals surface area contributed by atoms with Crippen molar-refractivity contribution in [2.75, 3.05) is 5.32 Å². The number of aromatic carboxylic acids is 1. The van der Waals surface area contributed by atoms with Gasteiger partial charge in [-0.05, 0) is 36.8 Å². The van der Waals surface area contributed by atoms with Gasteiger partial charge in [0.05, 0.1) is 5.00 Å². The van der Waals surface area contributed by atoms with Crippen molar-refractivity contribution in [3.8, 4) is 0 Å². The minimum absolute atomic E-state index is 0.199. The summed E-state index contributed by atoms with van der Waals surface area (Å²) in [5.41, 5.74) is 0.910. The van der Waals surface area contributed by atoms with Gasteiger partial charge in [0.25, 0.3) is 5.91 Å². The Hall–Kier alpha value is -1.56. The van der Waals surface area contributed by atoms with Gasteiger partial charge in [0.2, 0.25) is 0 Å². The highest BCUT2D eigenvalue weighted by Gasteiger charge is 2.15. The Bertz CT molecular complexity index is 677. The molecule has 0 unspecified atom stereocenters. The monoisotopic (exact) mass is 329 g/mol. The summed E-state index contributed by atoms with van der Waals surface area (Å²) in [5.74, 6) is -1.41. The van der Waals surface area contributed by atoms with Gasteiger partial charge in [0.15, 0.2) is 0 Å². The summed E-state index contributed by atoms with van der Waals surface area (Å²) < 4.78 is 0. The molecular weight excluding hydrogens is 321 g/mol.